The van der Waals surface area contributed by atoms with Crippen molar-refractivity contribution >= 4 is 27.7 Å². The molecule has 0 spiro atoms. The van der Waals surface area contributed by atoms with E-state index in [1.807, 2.05) is 69.3 Å². The number of carbonyl (C=O) groups is 2. The Balaban J connectivity index is 2.22. The third-order valence-corrected chi connectivity index (χ3v) is 4.83. The smallest absolute Gasteiger partial charge is 0.242 e. The maximum atomic E-state index is 13.1. The second-order valence-corrected chi connectivity index (χ2v) is 8.07. The number of nitrogens with one attached hydrogen (secondary N) is 1. The van der Waals surface area contributed by atoms with Crippen molar-refractivity contribution in [2.24, 2.45) is 0 Å². The lowest BCUT2D eigenvalue weighted by Crippen LogP contribution is -2.49. The van der Waals surface area contributed by atoms with Crippen LogP contribution in [0.5, 0.6) is 0 Å². The van der Waals surface area contributed by atoms with Gasteiger partial charge in [0.1, 0.15) is 6.04 Å². The van der Waals surface area contributed by atoms with Crippen LogP contribution in [0.2, 0.25) is 0 Å². The number of amides is 2. The van der Waals surface area contributed by atoms with Crippen LogP contribution in [0.3, 0.4) is 0 Å². The zero-order chi connectivity index (χ0) is 20.0. The van der Waals surface area contributed by atoms with Gasteiger partial charge in [0.05, 0.1) is 6.42 Å². The van der Waals surface area contributed by atoms with E-state index in [9.17, 15) is 9.59 Å². The highest BCUT2D eigenvalue weighted by molar-refractivity contribution is 9.10. The first-order valence-corrected chi connectivity index (χ1v) is 9.95. The van der Waals surface area contributed by atoms with E-state index in [2.05, 4.69) is 21.2 Å². The Labute approximate surface area is 170 Å². The first-order valence-electron chi connectivity index (χ1n) is 9.16. The fourth-order valence-electron chi connectivity index (χ4n) is 2.87. The molecule has 2 rings (SSSR count). The van der Waals surface area contributed by atoms with Crippen molar-refractivity contribution in [3.63, 3.8) is 0 Å². The van der Waals surface area contributed by atoms with Crippen LogP contribution in [0.25, 0.3) is 0 Å². The van der Waals surface area contributed by atoms with E-state index in [1.165, 1.54) is 0 Å². The Morgan fingerprint density at radius 2 is 1.70 bits per heavy atom. The minimum absolute atomic E-state index is 0.0290. The molecule has 0 heterocycles. The van der Waals surface area contributed by atoms with Gasteiger partial charge in [-0.3, -0.25) is 9.59 Å². The Morgan fingerprint density at radius 1 is 1.04 bits per heavy atom. The minimum Gasteiger partial charge on any atom is -0.352 e. The summed E-state index contributed by atoms with van der Waals surface area (Å²) in [6.07, 6.45) is 0.275. The molecule has 2 aromatic carbocycles. The van der Waals surface area contributed by atoms with E-state index in [4.69, 9.17) is 0 Å². The fourth-order valence-corrected chi connectivity index (χ4v) is 3.14. The van der Waals surface area contributed by atoms with E-state index in [1.54, 1.807) is 11.8 Å². The molecule has 144 valence electrons. The molecule has 0 aromatic heterocycles. The normalized spacial score (nSPS) is 11.9. The van der Waals surface area contributed by atoms with Crippen molar-refractivity contribution < 1.29 is 9.59 Å². The van der Waals surface area contributed by atoms with Crippen LogP contribution in [0.1, 0.15) is 37.5 Å². The van der Waals surface area contributed by atoms with Gasteiger partial charge in [0, 0.05) is 17.1 Å². The summed E-state index contributed by atoms with van der Waals surface area (Å²) < 4.78 is 0.981. The summed E-state index contributed by atoms with van der Waals surface area (Å²) >= 11 is 3.43. The number of rotatable bonds is 7. The number of halogens is 1. The SMILES string of the molecule is Cc1cccc(CC(=O)N(Cc2ccc(Br)cc2)[C@@H](C)C(=O)NC(C)C)c1. The van der Waals surface area contributed by atoms with E-state index in [0.29, 0.717) is 6.54 Å². The summed E-state index contributed by atoms with van der Waals surface area (Å²) in [5.74, 6) is -0.199. The molecule has 0 unspecified atom stereocenters. The van der Waals surface area contributed by atoms with Crippen molar-refractivity contribution in [3.05, 3.63) is 69.7 Å². The predicted molar refractivity (Wildman–Crippen MR) is 112 cm³/mol. The molecule has 0 aliphatic carbocycles. The molecule has 0 saturated heterocycles. The molecule has 0 saturated carbocycles. The van der Waals surface area contributed by atoms with Gasteiger partial charge in [0.15, 0.2) is 0 Å². The summed E-state index contributed by atoms with van der Waals surface area (Å²) in [6.45, 7) is 8.01. The van der Waals surface area contributed by atoms with Gasteiger partial charge in [-0.05, 0) is 51.0 Å². The van der Waals surface area contributed by atoms with Crippen LogP contribution < -0.4 is 5.32 Å². The second kappa shape index (κ2) is 9.70. The average molecular weight is 431 g/mol. The third-order valence-electron chi connectivity index (χ3n) is 4.30. The largest absolute Gasteiger partial charge is 0.352 e. The first kappa shape index (κ1) is 21.2. The number of aryl methyl sites for hydroxylation is 1. The topological polar surface area (TPSA) is 49.4 Å². The quantitative estimate of drug-likeness (QED) is 0.713. The minimum atomic E-state index is -0.548. The molecule has 0 radical (unpaired) electrons. The molecular weight excluding hydrogens is 404 g/mol. The molecule has 2 amide bonds. The van der Waals surface area contributed by atoms with Crippen LogP contribution in [0.15, 0.2) is 53.0 Å². The molecule has 0 bridgehead atoms. The van der Waals surface area contributed by atoms with Crippen molar-refractivity contribution in [3.8, 4) is 0 Å². The van der Waals surface area contributed by atoms with Crippen molar-refractivity contribution in [2.75, 3.05) is 0 Å². The van der Waals surface area contributed by atoms with Crippen molar-refractivity contribution in [2.45, 2.75) is 52.7 Å². The van der Waals surface area contributed by atoms with E-state index in [-0.39, 0.29) is 24.3 Å². The maximum absolute atomic E-state index is 13.1. The van der Waals surface area contributed by atoms with Gasteiger partial charge < -0.3 is 10.2 Å². The summed E-state index contributed by atoms with van der Waals surface area (Å²) in [4.78, 5) is 27.3. The standard InChI is InChI=1S/C22H27BrN2O2/c1-15(2)24-22(27)17(4)25(14-18-8-10-20(23)11-9-18)21(26)13-19-7-5-6-16(3)12-19/h5-12,15,17H,13-14H2,1-4H3,(H,24,27)/t17-/m0/s1. The van der Waals surface area contributed by atoms with E-state index in [0.717, 1.165) is 21.2 Å². The number of hydrogen-bond donors (Lipinski definition) is 1. The van der Waals surface area contributed by atoms with Gasteiger partial charge in [-0.2, -0.15) is 0 Å². The van der Waals surface area contributed by atoms with Crippen LogP contribution in [-0.2, 0) is 22.6 Å². The van der Waals surface area contributed by atoms with Gasteiger partial charge in [0.25, 0.3) is 0 Å². The van der Waals surface area contributed by atoms with Gasteiger partial charge in [0.2, 0.25) is 11.8 Å². The number of nitrogens with zero attached hydrogens (tertiary/aromatic N) is 1. The zero-order valence-electron chi connectivity index (χ0n) is 16.3. The molecule has 5 heteroatoms. The average Bonchev–Trinajstić information content (AvgIpc) is 2.60. The number of carbonyl (C=O) groups excluding carboxylic acids is 2. The number of benzene rings is 2. The van der Waals surface area contributed by atoms with Gasteiger partial charge >= 0.3 is 0 Å². The highest BCUT2D eigenvalue weighted by Crippen LogP contribution is 2.16. The Hall–Kier alpha value is -2.14. The first-order chi connectivity index (χ1) is 12.8. The van der Waals surface area contributed by atoms with E-state index < -0.39 is 6.04 Å². The summed E-state index contributed by atoms with van der Waals surface area (Å²) in [7, 11) is 0. The Morgan fingerprint density at radius 3 is 2.30 bits per heavy atom. The van der Waals surface area contributed by atoms with Crippen molar-refractivity contribution in [1.82, 2.24) is 10.2 Å². The maximum Gasteiger partial charge on any atom is 0.242 e. The number of hydrogen-bond acceptors (Lipinski definition) is 2. The fraction of sp³-hybridized carbons (Fsp3) is 0.364. The Bertz CT molecular complexity index is 787. The van der Waals surface area contributed by atoms with Gasteiger partial charge in [-0.25, -0.2) is 0 Å². The van der Waals surface area contributed by atoms with Gasteiger partial charge in [-0.1, -0.05) is 57.9 Å². The molecular formula is C22H27BrN2O2. The highest BCUT2D eigenvalue weighted by atomic mass is 79.9. The van der Waals surface area contributed by atoms with Crippen molar-refractivity contribution in [1.29, 1.82) is 0 Å². The lowest BCUT2D eigenvalue weighted by atomic mass is 10.1. The molecule has 0 aliphatic rings. The summed E-state index contributed by atoms with van der Waals surface area (Å²) in [5.41, 5.74) is 3.06. The highest BCUT2D eigenvalue weighted by Gasteiger charge is 2.26. The molecule has 27 heavy (non-hydrogen) atoms. The van der Waals surface area contributed by atoms with Gasteiger partial charge in [-0.15, -0.1) is 0 Å². The Kier molecular flexibility index (Phi) is 7.60. The molecule has 1 N–H and O–H groups in total. The molecule has 1 atom stereocenters. The summed E-state index contributed by atoms with van der Waals surface area (Å²) in [5, 5.41) is 2.91. The van der Waals surface area contributed by atoms with Crippen LogP contribution in [-0.4, -0.2) is 28.8 Å². The molecule has 2 aromatic rings. The van der Waals surface area contributed by atoms with Crippen LogP contribution >= 0.6 is 15.9 Å². The van der Waals surface area contributed by atoms with E-state index >= 15 is 0 Å². The lowest BCUT2D eigenvalue weighted by molar-refractivity contribution is -0.140. The zero-order valence-corrected chi connectivity index (χ0v) is 17.9. The lowest BCUT2D eigenvalue weighted by Gasteiger charge is -2.29. The third kappa shape index (κ3) is 6.51. The molecule has 0 fully saturated rings. The molecule has 0 aliphatic heterocycles. The van der Waals surface area contributed by atoms with Crippen LogP contribution in [0, 0.1) is 6.92 Å². The van der Waals surface area contributed by atoms with Crippen LogP contribution in [0.4, 0.5) is 0 Å². The summed E-state index contributed by atoms with van der Waals surface area (Å²) in [6, 6.07) is 15.2. The second-order valence-electron chi connectivity index (χ2n) is 7.15. The molecule has 4 nitrogen and oxygen atoms in total. The monoisotopic (exact) mass is 430 g/mol. The predicted octanol–water partition coefficient (Wildman–Crippen LogP) is 4.24.